The highest BCUT2D eigenvalue weighted by Crippen LogP contribution is 2.32. The lowest BCUT2D eigenvalue weighted by molar-refractivity contribution is -0.140. The maximum Gasteiger partial charge on any atom is 0.244 e. The van der Waals surface area contributed by atoms with Crippen LogP contribution in [0.4, 0.5) is 5.69 Å². The molecule has 0 spiro atoms. The van der Waals surface area contributed by atoms with Crippen LogP contribution in [0.15, 0.2) is 78.9 Å². The van der Waals surface area contributed by atoms with Crippen LogP contribution in [0.2, 0.25) is 0 Å². The van der Waals surface area contributed by atoms with E-state index >= 15 is 0 Å². The van der Waals surface area contributed by atoms with E-state index in [0.717, 1.165) is 21.7 Å². The number of nitrogens with one attached hydrogen (secondary N) is 1. The van der Waals surface area contributed by atoms with Crippen molar-refractivity contribution in [2.75, 3.05) is 37.9 Å². The van der Waals surface area contributed by atoms with Crippen LogP contribution in [-0.2, 0) is 32.6 Å². The molecule has 0 aromatic heterocycles. The van der Waals surface area contributed by atoms with E-state index in [1.54, 1.807) is 12.1 Å². The summed E-state index contributed by atoms with van der Waals surface area (Å²) in [5.41, 5.74) is 1.92. The second-order valence-corrected chi connectivity index (χ2v) is 10.8. The minimum atomic E-state index is -3.89. The molecule has 0 aliphatic carbocycles. The average Bonchev–Trinajstić information content (AvgIpc) is 2.93. The van der Waals surface area contributed by atoms with Crippen molar-refractivity contribution in [1.29, 1.82) is 0 Å². The minimum Gasteiger partial charge on any atom is -0.493 e. The number of carbonyl (C=O) groups excluding carboxylic acids is 2. The summed E-state index contributed by atoms with van der Waals surface area (Å²) in [4.78, 5) is 28.8. The van der Waals surface area contributed by atoms with E-state index in [4.69, 9.17) is 9.47 Å². The van der Waals surface area contributed by atoms with E-state index in [1.807, 2.05) is 67.6 Å². The summed E-state index contributed by atoms with van der Waals surface area (Å²) in [6, 6.07) is 22.4. The molecule has 0 fully saturated rings. The van der Waals surface area contributed by atoms with Crippen LogP contribution >= 0.6 is 0 Å². The Morgan fingerprint density at radius 1 is 0.872 bits per heavy atom. The van der Waals surface area contributed by atoms with Gasteiger partial charge in [-0.05, 0) is 30.2 Å². The van der Waals surface area contributed by atoms with Gasteiger partial charge in [0, 0.05) is 25.6 Å². The van der Waals surface area contributed by atoms with Gasteiger partial charge in [-0.25, -0.2) is 8.42 Å². The first-order chi connectivity index (χ1) is 18.7. The van der Waals surface area contributed by atoms with Crippen LogP contribution in [0.1, 0.15) is 18.1 Å². The molecule has 9 nitrogen and oxygen atoms in total. The van der Waals surface area contributed by atoms with Gasteiger partial charge in [-0.15, -0.1) is 0 Å². The zero-order chi connectivity index (χ0) is 28.4. The SMILES string of the molecule is CCNC(=O)[C@H](Cc1ccccc1)N(Cc1ccccc1)C(=O)CN(c1ccc(OC)c(OC)c1)S(C)(=O)=O. The van der Waals surface area contributed by atoms with Crippen molar-refractivity contribution in [3.8, 4) is 11.5 Å². The first-order valence-electron chi connectivity index (χ1n) is 12.5. The van der Waals surface area contributed by atoms with Crippen LogP contribution in [0, 0.1) is 0 Å². The molecule has 0 heterocycles. The van der Waals surface area contributed by atoms with Gasteiger partial charge in [0.15, 0.2) is 11.5 Å². The third kappa shape index (κ3) is 7.97. The van der Waals surface area contributed by atoms with Crippen LogP contribution in [0.5, 0.6) is 11.5 Å². The topological polar surface area (TPSA) is 105 Å². The molecular formula is C29H35N3O6S. The number of ether oxygens (including phenoxy) is 2. The van der Waals surface area contributed by atoms with Crippen molar-refractivity contribution < 1.29 is 27.5 Å². The molecule has 10 heteroatoms. The van der Waals surface area contributed by atoms with Gasteiger partial charge in [0.2, 0.25) is 21.8 Å². The van der Waals surface area contributed by atoms with Crippen LogP contribution in [-0.4, -0.2) is 64.7 Å². The Kier molecular flexibility index (Phi) is 10.3. The van der Waals surface area contributed by atoms with Gasteiger partial charge in [0.05, 0.1) is 26.2 Å². The summed E-state index contributed by atoms with van der Waals surface area (Å²) in [6.45, 7) is 1.81. The summed E-state index contributed by atoms with van der Waals surface area (Å²) < 4.78 is 37.4. The highest BCUT2D eigenvalue weighted by molar-refractivity contribution is 7.92. The van der Waals surface area contributed by atoms with Gasteiger partial charge in [0.25, 0.3) is 0 Å². The molecule has 3 aromatic carbocycles. The Hall–Kier alpha value is -4.05. The molecule has 0 radical (unpaired) electrons. The zero-order valence-electron chi connectivity index (χ0n) is 22.7. The van der Waals surface area contributed by atoms with Crippen LogP contribution in [0.25, 0.3) is 0 Å². The van der Waals surface area contributed by atoms with Gasteiger partial charge in [-0.3, -0.25) is 13.9 Å². The van der Waals surface area contributed by atoms with Crippen LogP contribution in [0.3, 0.4) is 0 Å². The zero-order valence-corrected chi connectivity index (χ0v) is 23.5. The Morgan fingerprint density at radius 3 is 2.00 bits per heavy atom. The summed E-state index contributed by atoms with van der Waals surface area (Å²) >= 11 is 0. The number of anilines is 1. The smallest absolute Gasteiger partial charge is 0.244 e. The maximum atomic E-state index is 14.0. The normalized spacial score (nSPS) is 11.8. The highest BCUT2D eigenvalue weighted by atomic mass is 32.2. The molecule has 0 unspecified atom stereocenters. The van der Waals surface area contributed by atoms with E-state index in [-0.39, 0.29) is 24.6 Å². The molecule has 208 valence electrons. The maximum absolute atomic E-state index is 14.0. The number of carbonyl (C=O) groups is 2. The largest absolute Gasteiger partial charge is 0.493 e. The number of benzene rings is 3. The number of hydrogen-bond donors (Lipinski definition) is 1. The van der Waals surface area contributed by atoms with Gasteiger partial charge in [-0.1, -0.05) is 60.7 Å². The third-order valence-electron chi connectivity index (χ3n) is 6.15. The number of methoxy groups -OCH3 is 2. The second-order valence-electron chi connectivity index (χ2n) is 8.92. The lowest BCUT2D eigenvalue weighted by atomic mass is 10.0. The predicted octanol–water partition coefficient (Wildman–Crippen LogP) is 3.25. The molecule has 3 rings (SSSR count). The monoisotopic (exact) mass is 553 g/mol. The van der Waals surface area contributed by atoms with Gasteiger partial charge >= 0.3 is 0 Å². The van der Waals surface area contributed by atoms with E-state index in [9.17, 15) is 18.0 Å². The fourth-order valence-electron chi connectivity index (χ4n) is 4.22. The molecule has 39 heavy (non-hydrogen) atoms. The number of amides is 2. The molecule has 0 saturated heterocycles. The summed E-state index contributed by atoms with van der Waals surface area (Å²) in [7, 11) is -0.969. The number of hydrogen-bond acceptors (Lipinski definition) is 6. The molecular weight excluding hydrogens is 518 g/mol. The highest BCUT2D eigenvalue weighted by Gasteiger charge is 2.33. The van der Waals surface area contributed by atoms with E-state index in [2.05, 4.69) is 5.32 Å². The average molecular weight is 554 g/mol. The molecule has 1 atom stereocenters. The molecule has 0 aliphatic rings. The fraction of sp³-hybridized carbons (Fsp3) is 0.310. The number of nitrogens with zero attached hydrogens (tertiary/aromatic N) is 2. The predicted molar refractivity (Wildman–Crippen MR) is 151 cm³/mol. The minimum absolute atomic E-state index is 0.123. The van der Waals surface area contributed by atoms with Crippen molar-refractivity contribution in [1.82, 2.24) is 10.2 Å². The van der Waals surface area contributed by atoms with Gasteiger partial charge in [-0.2, -0.15) is 0 Å². The standard InChI is InChI=1S/C29H35N3O6S/c1-5-30-29(34)25(18-22-12-8-6-9-13-22)31(20-23-14-10-7-11-15-23)28(33)21-32(39(4,35)36)24-16-17-26(37-2)27(19-24)38-3/h6-17,19,25H,5,18,20-21H2,1-4H3,(H,30,34)/t25-/m0/s1. The number of sulfonamides is 1. The molecule has 1 N–H and O–H groups in total. The third-order valence-corrected chi connectivity index (χ3v) is 7.29. The summed E-state index contributed by atoms with van der Waals surface area (Å²) in [6.07, 6.45) is 1.30. The van der Waals surface area contributed by atoms with E-state index in [0.29, 0.717) is 18.0 Å². The van der Waals surface area contributed by atoms with Crippen LogP contribution < -0.4 is 19.1 Å². The van der Waals surface area contributed by atoms with Gasteiger partial charge < -0.3 is 19.7 Å². The van der Waals surface area contributed by atoms with Crippen molar-refractivity contribution in [2.24, 2.45) is 0 Å². The molecule has 0 aliphatic heterocycles. The van der Waals surface area contributed by atoms with Crippen molar-refractivity contribution >= 4 is 27.5 Å². The lowest BCUT2D eigenvalue weighted by Crippen LogP contribution is -2.53. The first-order valence-corrected chi connectivity index (χ1v) is 14.4. The molecule has 0 saturated carbocycles. The first kappa shape index (κ1) is 29.5. The van der Waals surface area contributed by atoms with Gasteiger partial charge in [0.1, 0.15) is 12.6 Å². The summed E-state index contributed by atoms with van der Waals surface area (Å²) in [5.74, 6) is -0.0960. The van der Waals surface area contributed by atoms with Crippen molar-refractivity contribution in [2.45, 2.75) is 25.9 Å². The number of rotatable bonds is 13. The Balaban J connectivity index is 2.04. The molecule has 2 amide bonds. The fourth-order valence-corrected chi connectivity index (χ4v) is 5.06. The molecule has 3 aromatic rings. The Morgan fingerprint density at radius 2 is 1.46 bits per heavy atom. The second kappa shape index (κ2) is 13.7. The van der Waals surface area contributed by atoms with Crippen molar-refractivity contribution in [3.63, 3.8) is 0 Å². The lowest BCUT2D eigenvalue weighted by Gasteiger charge is -2.33. The Bertz CT molecular complexity index is 1350. The quantitative estimate of drug-likeness (QED) is 0.349. The summed E-state index contributed by atoms with van der Waals surface area (Å²) in [5, 5.41) is 2.83. The number of likely N-dealkylation sites (N-methyl/N-ethyl adjacent to an activating group) is 1. The van der Waals surface area contributed by atoms with E-state index < -0.39 is 28.5 Å². The van der Waals surface area contributed by atoms with E-state index in [1.165, 1.54) is 25.2 Å². The van der Waals surface area contributed by atoms with Crippen molar-refractivity contribution in [3.05, 3.63) is 90.0 Å². The molecule has 0 bridgehead atoms. The Labute approximate surface area is 230 Å².